The van der Waals surface area contributed by atoms with Crippen LogP contribution in [0.3, 0.4) is 0 Å². The SMILES string of the molecule is CNCC(NC(=O)OC)C(=O)OC. The van der Waals surface area contributed by atoms with Gasteiger partial charge in [-0.3, -0.25) is 0 Å². The topological polar surface area (TPSA) is 76.7 Å². The lowest BCUT2D eigenvalue weighted by Gasteiger charge is -2.14. The van der Waals surface area contributed by atoms with Crippen LogP contribution < -0.4 is 10.6 Å². The van der Waals surface area contributed by atoms with Gasteiger partial charge in [-0.25, -0.2) is 9.59 Å². The summed E-state index contributed by atoms with van der Waals surface area (Å²) in [7, 11) is 4.14. The standard InChI is InChI=1S/C7H14N2O4/c1-8-4-5(6(10)12-2)9-7(11)13-3/h5,8H,4H2,1-3H3,(H,9,11). The second-order valence-corrected chi connectivity index (χ2v) is 2.27. The third-order valence-corrected chi connectivity index (χ3v) is 1.37. The summed E-state index contributed by atoms with van der Waals surface area (Å²) < 4.78 is 8.80. The number of hydrogen-bond donors (Lipinski definition) is 2. The molecule has 1 unspecified atom stereocenters. The van der Waals surface area contributed by atoms with Crippen molar-refractivity contribution in [2.24, 2.45) is 0 Å². The van der Waals surface area contributed by atoms with Crippen molar-refractivity contribution in [3.8, 4) is 0 Å². The maximum atomic E-state index is 11.0. The Kier molecular flexibility index (Phi) is 5.62. The summed E-state index contributed by atoms with van der Waals surface area (Å²) >= 11 is 0. The fourth-order valence-electron chi connectivity index (χ4n) is 0.741. The smallest absolute Gasteiger partial charge is 0.407 e. The number of rotatable bonds is 4. The highest BCUT2D eigenvalue weighted by molar-refractivity contribution is 5.81. The molecule has 2 N–H and O–H groups in total. The van der Waals surface area contributed by atoms with Crippen molar-refractivity contribution in [3.63, 3.8) is 0 Å². The fourth-order valence-corrected chi connectivity index (χ4v) is 0.741. The van der Waals surface area contributed by atoms with E-state index in [0.717, 1.165) is 0 Å². The highest BCUT2D eigenvalue weighted by atomic mass is 16.5. The molecule has 1 atom stereocenters. The van der Waals surface area contributed by atoms with Crippen LogP contribution in [0.4, 0.5) is 4.79 Å². The molecule has 13 heavy (non-hydrogen) atoms. The quantitative estimate of drug-likeness (QED) is 0.562. The second-order valence-electron chi connectivity index (χ2n) is 2.27. The lowest BCUT2D eigenvalue weighted by molar-refractivity contribution is -0.142. The van der Waals surface area contributed by atoms with Crippen LogP contribution in [0.25, 0.3) is 0 Å². The molecule has 0 radical (unpaired) electrons. The maximum absolute atomic E-state index is 11.0. The fraction of sp³-hybridized carbons (Fsp3) is 0.714. The molecule has 0 bridgehead atoms. The van der Waals surface area contributed by atoms with E-state index in [-0.39, 0.29) is 0 Å². The van der Waals surface area contributed by atoms with Gasteiger partial charge in [0.2, 0.25) is 0 Å². The summed E-state index contributed by atoms with van der Waals surface area (Å²) in [6.45, 7) is 0.293. The second kappa shape index (κ2) is 6.24. The maximum Gasteiger partial charge on any atom is 0.407 e. The lowest BCUT2D eigenvalue weighted by atomic mass is 10.3. The minimum atomic E-state index is -0.720. The number of nitrogens with one attached hydrogen (secondary N) is 2. The van der Waals surface area contributed by atoms with Crippen LogP contribution in [0.1, 0.15) is 0 Å². The van der Waals surface area contributed by atoms with E-state index in [0.29, 0.717) is 6.54 Å². The largest absolute Gasteiger partial charge is 0.467 e. The Balaban J connectivity index is 4.08. The number of ether oxygens (including phenoxy) is 2. The number of methoxy groups -OCH3 is 2. The van der Waals surface area contributed by atoms with E-state index in [1.165, 1.54) is 14.2 Å². The minimum Gasteiger partial charge on any atom is -0.467 e. The average molecular weight is 190 g/mol. The predicted molar refractivity (Wildman–Crippen MR) is 45.3 cm³/mol. The van der Waals surface area contributed by atoms with Crippen molar-refractivity contribution < 1.29 is 19.1 Å². The molecule has 0 aliphatic carbocycles. The molecule has 76 valence electrons. The molecule has 0 aliphatic rings. The van der Waals surface area contributed by atoms with Gasteiger partial charge in [-0.05, 0) is 7.05 Å². The zero-order valence-corrected chi connectivity index (χ0v) is 7.92. The first kappa shape index (κ1) is 11.7. The highest BCUT2D eigenvalue weighted by Crippen LogP contribution is 1.87. The Hall–Kier alpha value is -1.30. The van der Waals surface area contributed by atoms with Gasteiger partial charge in [0.25, 0.3) is 0 Å². The zero-order valence-electron chi connectivity index (χ0n) is 7.92. The summed E-state index contributed by atoms with van der Waals surface area (Å²) in [5.41, 5.74) is 0. The first-order valence-corrected chi connectivity index (χ1v) is 3.72. The van der Waals surface area contributed by atoms with Gasteiger partial charge in [0.15, 0.2) is 0 Å². The van der Waals surface area contributed by atoms with E-state index in [4.69, 9.17) is 0 Å². The van der Waals surface area contributed by atoms with Gasteiger partial charge >= 0.3 is 12.1 Å². The number of carbonyl (C=O) groups is 2. The molecule has 0 aliphatic heterocycles. The molecular formula is C7H14N2O4. The monoisotopic (exact) mass is 190 g/mol. The molecule has 0 rings (SSSR count). The molecule has 6 heteroatoms. The van der Waals surface area contributed by atoms with Crippen molar-refractivity contribution >= 4 is 12.1 Å². The summed E-state index contributed by atoms with van der Waals surface area (Å²) in [4.78, 5) is 21.8. The van der Waals surface area contributed by atoms with Crippen molar-refractivity contribution in [1.29, 1.82) is 0 Å². The first-order valence-electron chi connectivity index (χ1n) is 3.72. The van der Waals surface area contributed by atoms with Crippen LogP contribution >= 0.6 is 0 Å². The Morgan fingerprint density at radius 3 is 2.31 bits per heavy atom. The molecule has 0 aromatic heterocycles. The van der Waals surface area contributed by atoms with Gasteiger partial charge in [0.05, 0.1) is 14.2 Å². The summed E-state index contributed by atoms with van der Waals surface area (Å²) in [5, 5.41) is 5.06. The molecule has 0 aromatic rings. The molecule has 0 aromatic carbocycles. The third-order valence-electron chi connectivity index (χ3n) is 1.37. The lowest BCUT2D eigenvalue weighted by Crippen LogP contribution is -2.47. The van der Waals surface area contributed by atoms with Gasteiger partial charge in [0.1, 0.15) is 6.04 Å². The van der Waals surface area contributed by atoms with E-state index >= 15 is 0 Å². The molecule has 0 saturated carbocycles. The summed E-state index contributed by atoms with van der Waals surface area (Å²) in [5.74, 6) is -0.514. The normalized spacial score (nSPS) is 11.6. The van der Waals surface area contributed by atoms with Crippen LogP contribution in [0.5, 0.6) is 0 Å². The van der Waals surface area contributed by atoms with Crippen LogP contribution in [0.15, 0.2) is 0 Å². The van der Waals surface area contributed by atoms with Crippen LogP contribution in [0.2, 0.25) is 0 Å². The predicted octanol–water partition coefficient (Wildman–Crippen LogP) is -0.897. The van der Waals surface area contributed by atoms with Gasteiger partial charge in [0, 0.05) is 6.54 Å². The van der Waals surface area contributed by atoms with Crippen molar-refractivity contribution in [1.82, 2.24) is 10.6 Å². The molecule has 0 saturated heterocycles. The first-order chi connectivity index (χ1) is 6.15. The van der Waals surface area contributed by atoms with Crippen LogP contribution in [0, 0.1) is 0 Å². The van der Waals surface area contributed by atoms with E-state index in [1.54, 1.807) is 7.05 Å². The third kappa shape index (κ3) is 4.32. The molecular weight excluding hydrogens is 176 g/mol. The number of amides is 1. The van der Waals surface area contributed by atoms with Crippen molar-refractivity contribution in [2.45, 2.75) is 6.04 Å². The Morgan fingerprint density at radius 2 is 1.92 bits per heavy atom. The molecule has 6 nitrogen and oxygen atoms in total. The van der Waals surface area contributed by atoms with Crippen molar-refractivity contribution in [2.75, 3.05) is 27.8 Å². The summed E-state index contributed by atoms with van der Waals surface area (Å²) in [6.07, 6.45) is -0.661. The number of hydrogen-bond acceptors (Lipinski definition) is 5. The van der Waals surface area contributed by atoms with E-state index < -0.39 is 18.1 Å². The Bertz CT molecular complexity index is 183. The molecule has 0 spiro atoms. The highest BCUT2D eigenvalue weighted by Gasteiger charge is 2.20. The Morgan fingerprint density at radius 1 is 1.31 bits per heavy atom. The molecule has 1 amide bonds. The van der Waals surface area contributed by atoms with Gasteiger partial charge < -0.3 is 20.1 Å². The van der Waals surface area contributed by atoms with Gasteiger partial charge in [-0.1, -0.05) is 0 Å². The Labute approximate surface area is 76.6 Å². The van der Waals surface area contributed by atoms with Gasteiger partial charge in [-0.15, -0.1) is 0 Å². The number of esters is 1. The van der Waals surface area contributed by atoms with Crippen LogP contribution in [-0.2, 0) is 14.3 Å². The van der Waals surface area contributed by atoms with Crippen LogP contribution in [-0.4, -0.2) is 45.9 Å². The molecule has 0 heterocycles. The van der Waals surface area contributed by atoms with E-state index in [2.05, 4.69) is 20.1 Å². The minimum absolute atomic E-state index is 0.293. The number of carbonyl (C=O) groups excluding carboxylic acids is 2. The average Bonchev–Trinajstić information content (AvgIpc) is 2.15. The number of alkyl carbamates (subject to hydrolysis) is 1. The van der Waals surface area contributed by atoms with Crippen molar-refractivity contribution in [3.05, 3.63) is 0 Å². The summed E-state index contributed by atoms with van der Waals surface area (Å²) in [6, 6.07) is -0.720. The zero-order chi connectivity index (χ0) is 10.3. The van der Waals surface area contributed by atoms with E-state index in [1.807, 2.05) is 0 Å². The van der Waals surface area contributed by atoms with Gasteiger partial charge in [-0.2, -0.15) is 0 Å². The number of likely N-dealkylation sites (N-methyl/N-ethyl adjacent to an activating group) is 1. The molecule has 0 fully saturated rings. The van der Waals surface area contributed by atoms with E-state index in [9.17, 15) is 9.59 Å².